The summed E-state index contributed by atoms with van der Waals surface area (Å²) in [4.78, 5) is 70.0. The average Bonchev–Trinajstić information content (AvgIpc) is 0.955. The van der Waals surface area contributed by atoms with Crippen LogP contribution in [-0.4, -0.2) is 81.4 Å². The summed E-state index contributed by atoms with van der Waals surface area (Å²) in [7, 11) is 0. The first-order valence-electron chi connectivity index (χ1n) is 42.2. The zero-order valence-electron chi connectivity index (χ0n) is 79.7. The van der Waals surface area contributed by atoms with Gasteiger partial charge in [0.2, 0.25) is 11.6 Å². The fourth-order valence-corrected chi connectivity index (χ4v) is 11.8. The Morgan fingerprint density at radius 1 is 0.589 bits per heavy atom. The molecule has 3 N–H and O–H groups in total. The Balaban J connectivity index is -0.00000133. The van der Waals surface area contributed by atoms with Crippen molar-refractivity contribution in [2.75, 3.05) is 25.0 Å². The molecule has 1 aliphatic heterocycles. The van der Waals surface area contributed by atoms with Gasteiger partial charge >= 0.3 is 5.97 Å². The molecule has 0 saturated heterocycles. The maximum atomic E-state index is 11.2. The molecule has 0 bridgehead atoms. The number of rotatable bonds is 18. The van der Waals surface area contributed by atoms with E-state index in [1.165, 1.54) is 49.2 Å². The number of nitro groups is 3. The number of aromatic carboxylic acids is 1. The second kappa shape index (κ2) is 56.4. The quantitative estimate of drug-likeness (QED) is 0.0311. The van der Waals surface area contributed by atoms with E-state index in [-0.39, 0.29) is 52.7 Å². The van der Waals surface area contributed by atoms with Crippen molar-refractivity contribution in [1.29, 1.82) is 5.26 Å². The van der Waals surface area contributed by atoms with Gasteiger partial charge in [0, 0.05) is 78.4 Å². The van der Waals surface area contributed by atoms with Crippen molar-refractivity contribution in [3.63, 3.8) is 0 Å². The lowest BCUT2D eigenvalue weighted by atomic mass is 9.82. The SMILES string of the molecule is C.C.CC.CC(C)(C)CCCNC1=NCC=C1.CC(C)(C)CCCNc1ncccn1.CC(C)(C)Cc1ccc([N+](=O)[O-])cc1.CC(C)(C)Cc1ccccc1C#N.CC(C)(C)Cc1noc(-c2ccccc2)n1.CC(C)(C)c1c(C(=O)O)cc([N+](=O)[O-])cc1[N+](=O)[O-].CCCCC(C)(C)C.Cc1nc(CC(C)(C)C)cs1.[C-]#[N+]c1ccc(C(C)(C)C)nc1. The summed E-state index contributed by atoms with van der Waals surface area (Å²) in [6.45, 7) is 75.7. The summed E-state index contributed by atoms with van der Waals surface area (Å²) < 4.78 is 5.24. The molecule has 1 aliphatic rings. The molecule has 0 unspecified atom stereocenters. The Labute approximate surface area is 750 Å². The lowest BCUT2D eigenvalue weighted by molar-refractivity contribution is -0.394. The van der Waals surface area contributed by atoms with Gasteiger partial charge in [0.25, 0.3) is 23.0 Å². The Hall–Kier alpha value is -10.5. The monoisotopic (exact) mass is 1730 g/mol. The van der Waals surface area contributed by atoms with Gasteiger partial charge < -0.3 is 20.3 Å². The number of carbonyl (C=O) groups is 1. The highest BCUT2D eigenvalue weighted by molar-refractivity contribution is 7.09. The van der Waals surface area contributed by atoms with Crippen molar-refractivity contribution in [2.24, 2.45) is 42.9 Å². The van der Waals surface area contributed by atoms with Crippen LogP contribution < -0.4 is 10.6 Å². The third-order valence-electron chi connectivity index (χ3n) is 16.7. The van der Waals surface area contributed by atoms with Crippen LogP contribution >= 0.6 is 11.3 Å². The number of unbranched alkanes of at least 4 members (excludes halogenated alkanes) is 1. The smallest absolute Gasteiger partial charge is 0.336 e. The lowest BCUT2D eigenvalue weighted by Gasteiger charge is -2.20. The highest BCUT2D eigenvalue weighted by Crippen LogP contribution is 2.38. The van der Waals surface area contributed by atoms with E-state index >= 15 is 0 Å². The lowest BCUT2D eigenvalue weighted by Crippen LogP contribution is -2.22. The number of aliphatic imine (C=N–C) groups is 1. The molecule has 0 saturated carbocycles. The van der Waals surface area contributed by atoms with Gasteiger partial charge in [-0.05, 0) is 143 Å². The summed E-state index contributed by atoms with van der Waals surface area (Å²) in [5.41, 5.74) is 7.12. The van der Waals surface area contributed by atoms with Gasteiger partial charge in [-0.25, -0.2) is 24.6 Å². The van der Waals surface area contributed by atoms with E-state index in [0.29, 0.717) is 33.2 Å². The number of pyridine rings is 1. The first-order chi connectivity index (χ1) is 56.2. The van der Waals surface area contributed by atoms with Gasteiger partial charge in [0.1, 0.15) is 5.84 Å². The minimum absolute atomic E-state index is 0. The third kappa shape index (κ3) is 57.1. The second-order valence-corrected chi connectivity index (χ2v) is 41.2. The molecule has 0 amide bonds. The Morgan fingerprint density at radius 3 is 1.50 bits per heavy atom. The number of thiazole rings is 1. The minimum atomic E-state index is -1.43. The molecule has 686 valence electrons. The van der Waals surface area contributed by atoms with Gasteiger partial charge in [0.05, 0.1) is 67.4 Å². The number of carboxylic acid groups (broad SMARTS) is 1. The summed E-state index contributed by atoms with van der Waals surface area (Å²) in [5.74, 6) is 1.71. The van der Waals surface area contributed by atoms with Crippen molar-refractivity contribution < 1.29 is 29.2 Å². The molecule has 24 heteroatoms. The summed E-state index contributed by atoms with van der Waals surface area (Å²) >= 11 is 1.73. The number of hydrogen-bond acceptors (Lipinski definition) is 19. The highest BCUT2D eigenvalue weighted by Gasteiger charge is 2.34. The fourth-order valence-electron chi connectivity index (χ4n) is 11.2. The van der Waals surface area contributed by atoms with Crippen LogP contribution in [0.4, 0.5) is 28.7 Å². The Kier molecular flexibility index (Phi) is 53.5. The fraction of sp³-hybridized carbons (Fsp3) is 0.560. The average molecular weight is 1730 g/mol. The second-order valence-electron chi connectivity index (χ2n) is 40.1. The van der Waals surface area contributed by atoms with E-state index in [2.05, 4.69) is 254 Å². The van der Waals surface area contributed by atoms with Crippen LogP contribution in [0, 0.1) is 93.1 Å². The van der Waals surface area contributed by atoms with Crippen LogP contribution in [0.25, 0.3) is 16.3 Å². The normalized spacial score (nSPS) is 11.5. The van der Waals surface area contributed by atoms with E-state index < -0.39 is 38.2 Å². The number of aromatic nitrogens is 6. The molecule has 0 fully saturated rings. The van der Waals surface area contributed by atoms with Gasteiger partial charge in [-0.2, -0.15) is 10.2 Å². The van der Waals surface area contributed by atoms with Crippen LogP contribution in [0.3, 0.4) is 0 Å². The molecule has 4 aromatic carbocycles. The number of amidine groups is 1. The molecular formula is C100H156N14O9S. The topological polar surface area (TPSA) is 322 Å². The van der Waals surface area contributed by atoms with Crippen LogP contribution in [-0.2, 0) is 36.5 Å². The number of anilines is 1. The van der Waals surface area contributed by atoms with Crippen molar-refractivity contribution in [3.05, 3.63) is 237 Å². The van der Waals surface area contributed by atoms with E-state index in [1.807, 2.05) is 92.7 Å². The van der Waals surface area contributed by atoms with Crippen LogP contribution in [0.15, 0.2) is 155 Å². The first kappa shape index (κ1) is 118. The van der Waals surface area contributed by atoms with E-state index in [0.717, 1.165) is 109 Å². The zero-order valence-corrected chi connectivity index (χ0v) is 80.6. The van der Waals surface area contributed by atoms with Crippen molar-refractivity contribution in [1.82, 2.24) is 35.4 Å². The predicted molar refractivity (Wildman–Crippen MR) is 519 cm³/mol. The number of nitriles is 1. The molecule has 0 atom stereocenters. The maximum absolute atomic E-state index is 11.2. The number of aryl methyl sites for hydroxylation is 1. The highest BCUT2D eigenvalue weighted by atomic mass is 32.1. The molecule has 124 heavy (non-hydrogen) atoms. The molecule has 0 spiro atoms. The van der Waals surface area contributed by atoms with Crippen molar-refractivity contribution in [3.8, 4) is 17.5 Å². The van der Waals surface area contributed by atoms with Crippen molar-refractivity contribution >= 4 is 51.8 Å². The summed E-state index contributed by atoms with van der Waals surface area (Å²) in [5, 5.41) is 63.9. The summed E-state index contributed by atoms with van der Waals surface area (Å²) in [6, 6.07) is 33.8. The maximum Gasteiger partial charge on any atom is 0.336 e. The molecule has 4 aromatic heterocycles. The molecule has 8 aromatic rings. The van der Waals surface area contributed by atoms with E-state index in [4.69, 9.17) is 21.5 Å². The number of benzene rings is 4. The van der Waals surface area contributed by atoms with Crippen LogP contribution in [0.1, 0.15) is 322 Å². The number of nitrogens with zero attached hydrogens (tertiary/aromatic N) is 12. The number of nitro benzene ring substituents is 3. The van der Waals surface area contributed by atoms with E-state index in [9.17, 15) is 35.1 Å². The minimum Gasteiger partial charge on any atom is -0.478 e. The molecular weight excluding hydrogens is 1570 g/mol. The first-order valence-corrected chi connectivity index (χ1v) is 43.1. The largest absolute Gasteiger partial charge is 0.478 e. The molecule has 0 aliphatic carbocycles. The molecule has 0 radical (unpaired) electrons. The Morgan fingerprint density at radius 2 is 1.10 bits per heavy atom. The number of hydrogen-bond donors (Lipinski definition) is 3. The number of carboxylic acids is 1. The standard InChI is InChI=1S/C13H16N2O.C12H15N.C11H19N3.C11H12N2O6.C11H20N2.C11H15NO2.C10H12N2.C9H15NS.C8H18.C2H6.2CH4/c1-13(2,3)9-11-14-12(16-15-11)10-7-5-4-6-8-10;1-12(2,3)8-10-6-4-5-7-11(10)9-13;1-11(2,3)6-4-7-12-10-13-8-5-9-14-10;1-11(2,3)9-7(10(14)15)4-6(12(16)17)5-8(9)13(18)19;1-11(2,3)7-5-9-13-10-6-4-8-12-10;1-11(2,3)8-9-4-6-10(7-5-9)12(13)14;1-10(2,3)9-6-5-8(11-4)7-12-9;1-7-10-8(6-11-7)5-9(2,3)4;1-5-6-7-8(2,3)4;1-2;;/h4-8H,9H2,1-3H3;4-7H,8H2,1-3H3;5,8-9H,4,6-7H2,1-3H3,(H,12,13,14);4-5H,1-3H3,(H,14,15);4,6H,5,7-9H2,1-3H3,(H,12,13);4-7H,8H2,1-3H3;5-7H,1-3H3;6H,5H2,1-4H3;5-7H2,1-4H3;1-2H3;2*1H4. The van der Waals surface area contributed by atoms with Gasteiger partial charge in [0.15, 0.2) is 5.82 Å². The third-order valence-corrected chi connectivity index (χ3v) is 17.5. The van der Waals surface area contributed by atoms with Gasteiger partial charge in [-0.3, -0.25) is 40.3 Å². The zero-order chi connectivity index (χ0) is 93.7. The van der Waals surface area contributed by atoms with E-state index in [1.54, 1.807) is 68.9 Å². The summed E-state index contributed by atoms with van der Waals surface area (Å²) in [6.07, 6.45) is 22.0. The van der Waals surface area contributed by atoms with Gasteiger partial charge in [-0.15, -0.1) is 11.3 Å². The number of nitrogens with one attached hydrogen (secondary N) is 2. The molecule has 23 nitrogen and oxygen atoms in total. The van der Waals surface area contributed by atoms with Crippen molar-refractivity contribution in [2.45, 2.75) is 311 Å². The van der Waals surface area contributed by atoms with Gasteiger partial charge in [-0.1, -0.05) is 307 Å². The van der Waals surface area contributed by atoms with Crippen LogP contribution in [0.2, 0.25) is 0 Å². The predicted octanol–water partition coefficient (Wildman–Crippen LogP) is 28.7. The Bertz CT molecular complexity index is 4460. The van der Waals surface area contributed by atoms with Crippen LogP contribution in [0.5, 0.6) is 0 Å². The number of non-ortho nitro benzene ring substituents is 2. The molecule has 5 heterocycles. The molecule has 9 rings (SSSR count).